The predicted molar refractivity (Wildman–Crippen MR) is 126 cm³/mol. The molecule has 2 aromatic rings. The lowest BCUT2D eigenvalue weighted by atomic mass is 9.94. The molecule has 2 fully saturated rings. The zero-order valence-electron chi connectivity index (χ0n) is 19.4. The van der Waals surface area contributed by atoms with Crippen LogP contribution < -0.4 is 11.1 Å². The Bertz CT molecular complexity index is 1120. The highest BCUT2D eigenvalue weighted by Crippen LogP contribution is 2.28. The van der Waals surface area contributed by atoms with Crippen LogP contribution in [0.2, 0.25) is 0 Å². The first kappa shape index (κ1) is 24.0. The third-order valence-electron chi connectivity index (χ3n) is 6.99. The van der Waals surface area contributed by atoms with Gasteiger partial charge >= 0.3 is 5.76 Å². The van der Waals surface area contributed by atoms with Crippen molar-refractivity contribution in [3.63, 3.8) is 0 Å². The molecule has 8 nitrogen and oxygen atoms in total. The van der Waals surface area contributed by atoms with Crippen LogP contribution in [0.1, 0.15) is 71.1 Å². The molecule has 182 valence electrons. The van der Waals surface area contributed by atoms with E-state index < -0.39 is 15.8 Å². The number of carbonyl (C=O) groups excluding carboxylic acids is 1. The highest BCUT2D eigenvalue weighted by molar-refractivity contribution is 7.89. The molecule has 0 bridgehead atoms. The molecule has 0 radical (unpaired) electrons. The molecule has 0 atom stereocenters. The molecule has 9 heteroatoms. The van der Waals surface area contributed by atoms with E-state index in [1.807, 2.05) is 6.92 Å². The van der Waals surface area contributed by atoms with Crippen molar-refractivity contribution in [3.8, 4) is 0 Å². The van der Waals surface area contributed by atoms with Crippen molar-refractivity contribution in [2.24, 2.45) is 5.92 Å². The number of nitrogens with one attached hydrogen (secondary N) is 1. The summed E-state index contributed by atoms with van der Waals surface area (Å²) >= 11 is 0. The number of hydrogen-bond donors (Lipinski definition) is 1. The van der Waals surface area contributed by atoms with Gasteiger partial charge in [0.25, 0.3) is 0 Å². The number of piperidine rings is 1. The summed E-state index contributed by atoms with van der Waals surface area (Å²) in [5, 5.41) is 3.20. The molecular formula is C24H35N3O5S. The zero-order valence-corrected chi connectivity index (χ0v) is 20.2. The fourth-order valence-corrected chi connectivity index (χ4v) is 6.60. The minimum atomic E-state index is -3.69. The van der Waals surface area contributed by atoms with Gasteiger partial charge in [0.2, 0.25) is 15.9 Å². The molecule has 1 aliphatic heterocycles. The Labute approximate surface area is 195 Å². The Morgan fingerprint density at radius 2 is 1.79 bits per heavy atom. The average Bonchev–Trinajstić information content (AvgIpc) is 2.93. The van der Waals surface area contributed by atoms with Crippen molar-refractivity contribution in [1.82, 2.24) is 14.2 Å². The summed E-state index contributed by atoms with van der Waals surface area (Å²) < 4.78 is 34.7. The summed E-state index contributed by atoms with van der Waals surface area (Å²) in [6, 6.07) is 4.94. The van der Waals surface area contributed by atoms with Crippen LogP contribution in [0, 0.1) is 5.92 Å². The number of fused-ring (bicyclic) bond motifs is 1. The molecule has 1 amide bonds. The predicted octanol–water partition coefficient (Wildman–Crippen LogP) is 3.63. The Hall–Kier alpha value is -2.13. The molecule has 4 rings (SSSR count). The van der Waals surface area contributed by atoms with Gasteiger partial charge in [0.15, 0.2) is 5.58 Å². The molecule has 1 saturated heterocycles. The molecule has 1 aromatic heterocycles. The summed E-state index contributed by atoms with van der Waals surface area (Å²) in [6.45, 7) is 3.28. The first-order chi connectivity index (χ1) is 15.9. The molecule has 2 heterocycles. The van der Waals surface area contributed by atoms with Crippen molar-refractivity contribution < 1.29 is 17.6 Å². The number of amides is 1. The number of sulfonamides is 1. The van der Waals surface area contributed by atoms with Gasteiger partial charge in [0, 0.05) is 38.2 Å². The van der Waals surface area contributed by atoms with E-state index in [0.29, 0.717) is 56.0 Å². The highest BCUT2D eigenvalue weighted by Gasteiger charge is 2.31. The summed E-state index contributed by atoms with van der Waals surface area (Å²) in [5.74, 6) is -0.171. The lowest BCUT2D eigenvalue weighted by molar-refractivity contribution is -0.123. The van der Waals surface area contributed by atoms with Gasteiger partial charge in [-0.3, -0.25) is 9.36 Å². The van der Waals surface area contributed by atoms with Crippen LogP contribution in [0.15, 0.2) is 32.3 Å². The Kier molecular flexibility index (Phi) is 7.58. The monoisotopic (exact) mass is 477 g/mol. The number of carbonyl (C=O) groups is 1. The van der Waals surface area contributed by atoms with Gasteiger partial charge in [-0.2, -0.15) is 4.31 Å². The highest BCUT2D eigenvalue weighted by atomic mass is 32.2. The second-order valence-electron chi connectivity index (χ2n) is 9.46. The number of benzene rings is 1. The fraction of sp³-hybridized carbons (Fsp3) is 0.667. The van der Waals surface area contributed by atoms with E-state index in [0.717, 1.165) is 19.3 Å². The molecule has 1 N–H and O–H groups in total. The number of hydrogen-bond acceptors (Lipinski definition) is 5. The van der Waals surface area contributed by atoms with Gasteiger partial charge in [-0.05, 0) is 50.2 Å². The van der Waals surface area contributed by atoms with E-state index in [2.05, 4.69) is 5.32 Å². The molecule has 0 spiro atoms. The van der Waals surface area contributed by atoms with Crippen molar-refractivity contribution in [2.45, 2.75) is 88.6 Å². The largest absolute Gasteiger partial charge is 0.419 e. The zero-order chi connectivity index (χ0) is 23.4. The topological polar surface area (TPSA) is 102 Å². The maximum Gasteiger partial charge on any atom is 0.419 e. The van der Waals surface area contributed by atoms with Crippen molar-refractivity contribution in [1.29, 1.82) is 0 Å². The normalized spacial score (nSPS) is 19.5. The Balaban J connectivity index is 1.35. The van der Waals surface area contributed by atoms with Crippen molar-refractivity contribution in [2.75, 3.05) is 13.1 Å². The lowest BCUT2D eigenvalue weighted by Gasteiger charge is -2.31. The molecule has 1 aliphatic carbocycles. The van der Waals surface area contributed by atoms with Gasteiger partial charge < -0.3 is 9.73 Å². The van der Waals surface area contributed by atoms with Gasteiger partial charge in [-0.1, -0.05) is 32.6 Å². The van der Waals surface area contributed by atoms with Crippen LogP contribution in [0.3, 0.4) is 0 Å². The van der Waals surface area contributed by atoms with Crippen LogP contribution in [0.25, 0.3) is 11.1 Å². The van der Waals surface area contributed by atoms with Crippen LogP contribution in [-0.4, -0.2) is 42.3 Å². The first-order valence-electron chi connectivity index (χ1n) is 12.3. The first-order valence-corrected chi connectivity index (χ1v) is 13.8. The maximum absolute atomic E-state index is 13.2. The van der Waals surface area contributed by atoms with Gasteiger partial charge in [0.05, 0.1) is 10.4 Å². The number of rotatable bonds is 7. The van der Waals surface area contributed by atoms with E-state index in [9.17, 15) is 18.0 Å². The van der Waals surface area contributed by atoms with Crippen LogP contribution in [-0.2, 0) is 21.4 Å². The molecule has 33 heavy (non-hydrogen) atoms. The molecule has 0 unspecified atom stereocenters. The van der Waals surface area contributed by atoms with Crippen LogP contribution in [0.4, 0.5) is 0 Å². The molecule has 2 aliphatic rings. The quantitative estimate of drug-likeness (QED) is 0.614. The molecule has 1 aromatic carbocycles. The molecular weight excluding hydrogens is 442 g/mol. The lowest BCUT2D eigenvalue weighted by Crippen LogP contribution is -2.40. The Morgan fingerprint density at radius 1 is 1.09 bits per heavy atom. The number of aryl methyl sites for hydroxylation is 1. The third kappa shape index (κ3) is 5.51. The smallest absolute Gasteiger partial charge is 0.408 e. The van der Waals surface area contributed by atoms with Gasteiger partial charge in [-0.15, -0.1) is 0 Å². The average molecular weight is 478 g/mol. The summed E-state index contributed by atoms with van der Waals surface area (Å²) in [6.07, 6.45) is 9.58. The minimum absolute atomic E-state index is 0.0975. The Morgan fingerprint density at radius 3 is 2.45 bits per heavy atom. The SMILES string of the molecule is CCCn1c(=O)oc2cc(S(=O)(=O)N3CCC(CC(=O)NC4CCCCCC4)CC3)ccc21. The van der Waals surface area contributed by atoms with Gasteiger partial charge in [-0.25, -0.2) is 13.2 Å². The second kappa shape index (κ2) is 10.4. The van der Waals surface area contributed by atoms with E-state index in [-0.39, 0.29) is 16.7 Å². The second-order valence-corrected chi connectivity index (χ2v) is 11.4. The summed E-state index contributed by atoms with van der Waals surface area (Å²) in [4.78, 5) is 24.7. The number of aromatic nitrogens is 1. The third-order valence-corrected chi connectivity index (χ3v) is 8.89. The maximum atomic E-state index is 13.2. The minimum Gasteiger partial charge on any atom is -0.408 e. The molecule has 1 saturated carbocycles. The van der Waals surface area contributed by atoms with E-state index in [4.69, 9.17) is 4.42 Å². The van der Waals surface area contributed by atoms with Crippen LogP contribution >= 0.6 is 0 Å². The van der Waals surface area contributed by atoms with Crippen molar-refractivity contribution >= 4 is 27.0 Å². The van der Waals surface area contributed by atoms with Crippen molar-refractivity contribution in [3.05, 3.63) is 28.7 Å². The standard InChI is InChI=1S/C24H35N3O5S/c1-2-13-27-21-10-9-20(17-22(21)32-24(27)29)33(30,31)26-14-11-18(12-15-26)16-23(28)25-19-7-5-3-4-6-8-19/h9-10,17-19H,2-8,11-16H2,1H3,(H,25,28). The van der Waals surface area contributed by atoms with E-state index in [1.165, 1.54) is 40.6 Å². The number of oxazole rings is 1. The van der Waals surface area contributed by atoms with Gasteiger partial charge in [0.1, 0.15) is 0 Å². The fourth-order valence-electron chi connectivity index (χ4n) is 5.12. The summed E-state index contributed by atoms with van der Waals surface area (Å²) in [5.41, 5.74) is 0.902. The number of nitrogens with zero attached hydrogens (tertiary/aromatic N) is 2. The summed E-state index contributed by atoms with van der Waals surface area (Å²) in [7, 11) is -3.69. The van der Waals surface area contributed by atoms with Crippen LogP contribution in [0.5, 0.6) is 0 Å². The van der Waals surface area contributed by atoms with E-state index >= 15 is 0 Å². The van der Waals surface area contributed by atoms with E-state index in [1.54, 1.807) is 12.1 Å².